The molecule has 0 amide bonds. The second-order valence-electron chi connectivity index (χ2n) is 4.97. The third-order valence-electron chi connectivity index (χ3n) is 3.34. The van der Waals surface area contributed by atoms with Crippen LogP contribution in [0.3, 0.4) is 0 Å². The molecule has 3 rings (SSSR count). The summed E-state index contributed by atoms with van der Waals surface area (Å²) >= 11 is 1.57. The van der Waals surface area contributed by atoms with Gasteiger partial charge in [0, 0.05) is 16.2 Å². The van der Waals surface area contributed by atoms with Crippen molar-refractivity contribution in [3.05, 3.63) is 59.0 Å². The van der Waals surface area contributed by atoms with Gasteiger partial charge in [-0.05, 0) is 53.6 Å². The van der Waals surface area contributed by atoms with E-state index in [1.54, 1.807) is 29.5 Å². The third-order valence-corrected chi connectivity index (χ3v) is 4.47. The van der Waals surface area contributed by atoms with Crippen LogP contribution in [0, 0.1) is 0 Å². The van der Waals surface area contributed by atoms with Gasteiger partial charge in [0.05, 0.1) is 0 Å². The Balaban J connectivity index is 1.84. The monoisotopic (exact) mass is 314 g/mol. The molecule has 0 atom stereocenters. The number of hydrogen-bond donors (Lipinski definition) is 4. The van der Waals surface area contributed by atoms with E-state index in [0.29, 0.717) is 6.42 Å². The van der Waals surface area contributed by atoms with Crippen molar-refractivity contribution in [2.45, 2.75) is 6.42 Å². The quantitative estimate of drug-likeness (QED) is 0.554. The highest BCUT2D eigenvalue weighted by Crippen LogP contribution is 2.35. The summed E-state index contributed by atoms with van der Waals surface area (Å²) in [6.07, 6.45) is 0.641. The van der Waals surface area contributed by atoms with Gasteiger partial charge in [-0.15, -0.1) is 11.3 Å². The zero-order valence-corrected chi connectivity index (χ0v) is 12.3. The zero-order chi connectivity index (χ0) is 15.7. The fraction of sp³-hybridized carbons (Fsp3) is 0.0588. The Morgan fingerprint density at radius 2 is 1.36 bits per heavy atom. The molecule has 0 saturated carbocycles. The Morgan fingerprint density at radius 3 is 2.05 bits per heavy atom. The van der Waals surface area contributed by atoms with Crippen LogP contribution in [0.1, 0.15) is 10.4 Å². The van der Waals surface area contributed by atoms with Crippen LogP contribution in [-0.4, -0.2) is 20.4 Å². The molecular weight excluding hydrogens is 300 g/mol. The van der Waals surface area contributed by atoms with Crippen molar-refractivity contribution < 1.29 is 20.4 Å². The number of phenols is 4. The number of rotatable bonds is 3. The van der Waals surface area contributed by atoms with Crippen molar-refractivity contribution in [2.75, 3.05) is 0 Å². The first-order valence-corrected chi connectivity index (χ1v) is 7.46. The van der Waals surface area contributed by atoms with Crippen LogP contribution in [0.4, 0.5) is 0 Å². The van der Waals surface area contributed by atoms with Crippen molar-refractivity contribution in [3.8, 4) is 33.4 Å². The van der Waals surface area contributed by atoms with Crippen LogP contribution in [-0.2, 0) is 6.42 Å². The normalized spacial score (nSPS) is 10.7. The topological polar surface area (TPSA) is 80.9 Å². The van der Waals surface area contributed by atoms with Crippen molar-refractivity contribution >= 4 is 11.3 Å². The molecule has 0 aliphatic rings. The number of thiophene rings is 1. The van der Waals surface area contributed by atoms with Crippen LogP contribution in [0.5, 0.6) is 23.0 Å². The van der Waals surface area contributed by atoms with Gasteiger partial charge in [0.15, 0.2) is 23.0 Å². The Labute approximate surface area is 131 Å². The fourth-order valence-corrected chi connectivity index (χ4v) is 3.22. The van der Waals surface area contributed by atoms with E-state index in [9.17, 15) is 20.4 Å². The second-order valence-corrected chi connectivity index (χ2v) is 6.14. The lowest BCUT2D eigenvalue weighted by Crippen LogP contribution is -1.83. The van der Waals surface area contributed by atoms with E-state index in [0.717, 1.165) is 20.9 Å². The molecule has 4 N–H and O–H groups in total. The van der Waals surface area contributed by atoms with E-state index in [-0.39, 0.29) is 23.0 Å². The Hall–Kier alpha value is -2.66. The Bertz CT molecular complexity index is 823. The predicted octanol–water partition coefficient (Wildman–Crippen LogP) is 3.83. The van der Waals surface area contributed by atoms with Gasteiger partial charge in [0.1, 0.15) is 0 Å². The van der Waals surface area contributed by atoms with Gasteiger partial charge in [0.25, 0.3) is 0 Å². The van der Waals surface area contributed by atoms with Gasteiger partial charge in [-0.2, -0.15) is 0 Å². The molecule has 0 radical (unpaired) electrons. The maximum absolute atomic E-state index is 9.56. The first-order chi connectivity index (χ1) is 10.5. The molecule has 4 nitrogen and oxygen atoms in total. The summed E-state index contributed by atoms with van der Waals surface area (Å²) in [4.78, 5) is 2.07. The predicted molar refractivity (Wildman–Crippen MR) is 85.7 cm³/mol. The lowest BCUT2D eigenvalue weighted by atomic mass is 10.1. The van der Waals surface area contributed by atoms with E-state index in [1.807, 2.05) is 12.1 Å². The smallest absolute Gasteiger partial charge is 0.158 e. The van der Waals surface area contributed by atoms with Gasteiger partial charge < -0.3 is 20.4 Å². The minimum atomic E-state index is -0.143. The summed E-state index contributed by atoms with van der Waals surface area (Å²) in [6.45, 7) is 0. The molecular formula is C17H14O4S. The van der Waals surface area contributed by atoms with Crippen LogP contribution in [0.25, 0.3) is 10.4 Å². The molecule has 0 aliphatic carbocycles. The highest BCUT2D eigenvalue weighted by atomic mass is 32.1. The maximum Gasteiger partial charge on any atom is 0.158 e. The van der Waals surface area contributed by atoms with Crippen molar-refractivity contribution in [1.82, 2.24) is 0 Å². The van der Waals surface area contributed by atoms with Crippen LogP contribution in [0.2, 0.25) is 0 Å². The first kappa shape index (κ1) is 14.3. The summed E-state index contributed by atoms with van der Waals surface area (Å²) in [5.74, 6) is -0.538. The maximum atomic E-state index is 9.56. The molecule has 3 aromatic rings. The van der Waals surface area contributed by atoms with Crippen LogP contribution >= 0.6 is 11.3 Å². The average Bonchev–Trinajstić information content (AvgIpc) is 2.94. The van der Waals surface area contributed by atoms with Crippen LogP contribution in [0.15, 0.2) is 48.5 Å². The lowest BCUT2D eigenvalue weighted by molar-refractivity contribution is 0.403. The van der Waals surface area contributed by atoms with Gasteiger partial charge in [0.2, 0.25) is 0 Å². The molecule has 22 heavy (non-hydrogen) atoms. The Kier molecular flexibility index (Phi) is 3.65. The van der Waals surface area contributed by atoms with Gasteiger partial charge in [-0.1, -0.05) is 6.07 Å². The SMILES string of the molecule is Oc1ccc(Cc2ccc(-c3ccc(O)c(O)c3)s2)cc1O. The number of hydrogen-bond acceptors (Lipinski definition) is 5. The van der Waals surface area contributed by atoms with Gasteiger partial charge >= 0.3 is 0 Å². The van der Waals surface area contributed by atoms with Crippen LogP contribution < -0.4 is 0 Å². The second kappa shape index (κ2) is 5.61. The van der Waals surface area contributed by atoms with Gasteiger partial charge in [-0.3, -0.25) is 0 Å². The zero-order valence-electron chi connectivity index (χ0n) is 11.5. The largest absolute Gasteiger partial charge is 0.504 e. The molecule has 0 fully saturated rings. The summed E-state index contributed by atoms with van der Waals surface area (Å²) in [5, 5.41) is 37.8. The minimum absolute atomic E-state index is 0.127. The van der Waals surface area contributed by atoms with Crippen molar-refractivity contribution in [2.24, 2.45) is 0 Å². The minimum Gasteiger partial charge on any atom is -0.504 e. The first-order valence-electron chi connectivity index (χ1n) is 6.65. The highest BCUT2D eigenvalue weighted by Gasteiger charge is 2.08. The molecule has 112 valence electrons. The fourth-order valence-electron chi connectivity index (χ4n) is 2.18. The van der Waals surface area contributed by atoms with E-state index < -0.39 is 0 Å². The molecule has 0 spiro atoms. The summed E-state index contributed by atoms with van der Waals surface area (Å²) < 4.78 is 0. The molecule has 0 unspecified atom stereocenters. The standard InChI is InChI=1S/C17H14O4S/c18-13-4-1-10(8-15(13)20)7-12-3-6-17(22-12)11-2-5-14(19)16(21)9-11/h1-6,8-9,18-21H,7H2. The van der Waals surface area contributed by atoms with E-state index in [1.165, 1.54) is 18.2 Å². The number of aromatic hydroxyl groups is 4. The molecule has 5 heteroatoms. The van der Waals surface area contributed by atoms with Crippen molar-refractivity contribution in [1.29, 1.82) is 0 Å². The highest BCUT2D eigenvalue weighted by molar-refractivity contribution is 7.15. The number of phenolic OH excluding ortho intramolecular Hbond substituents is 4. The van der Waals surface area contributed by atoms with E-state index >= 15 is 0 Å². The Morgan fingerprint density at radius 1 is 0.682 bits per heavy atom. The molecule has 0 bridgehead atoms. The number of benzene rings is 2. The van der Waals surface area contributed by atoms with E-state index in [4.69, 9.17) is 0 Å². The average molecular weight is 314 g/mol. The summed E-state index contributed by atoms with van der Waals surface area (Å²) in [6, 6.07) is 13.4. The molecule has 1 heterocycles. The van der Waals surface area contributed by atoms with Gasteiger partial charge in [-0.25, -0.2) is 0 Å². The molecule has 0 aliphatic heterocycles. The molecule has 2 aromatic carbocycles. The summed E-state index contributed by atoms with van der Waals surface area (Å²) in [5.41, 5.74) is 1.73. The molecule has 1 aromatic heterocycles. The molecule has 0 saturated heterocycles. The third kappa shape index (κ3) is 2.84. The lowest BCUT2D eigenvalue weighted by Gasteiger charge is -2.02. The summed E-state index contributed by atoms with van der Waals surface area (Å²) in [7, 11) is 0. The van der Waals surface area contributed by atoms with Crippen molar-refractivity contribution in [3.63, 3.8) is 0 Å². The van der Waals surface area contributed by atoms with E-state index in [2.05, 4.69) is 0 Å².